The molecule has 0 spiro atoms. The third-order valence-electron chi connectivity index (χ3n) is 2.52. The normalized spacial score (nSPS) is 28.6. The van der Waals surface area contributed by atoms with Gasteiger partial charge >= 0.3 is 0 Å². The van der Waals surface area contributed by atoms with Gasteiger partial charge < -0.3 is 4.74 Å². The molecule has 0 aliphatic carbocycles. The van der Waals surface area contributed by atoms with Gasteiger partial charge in [0.1, 0.15) is 6.23 Å². The van der Waals surface area contributed by atoms with E-state index in [0.29, 0.717) is 17.6 Å². The smallest absolute Gasteiger partial charge is 0.110 e. The fourth-order valence-corrected chi connectivity index (χ4v) is 1.96. The Hall–Kier alpha value is -0.0800. The third kappa shape index (κ3) is 3.28. The predicted octanol–water partition coefficient (Wildman–Crippen LogP) is 2.35. The Morgan fingerprint density at radius 3 is 2.46 bits per heavy atom. The molecule has 78 valence electrons. The fourth-order valence-electron chi connectivity index (χ4n) is 1.96. The molecule has 0 bridgehead atoms. The van der Waals surface area contributed by atoms with Crippen LogP contribution in [0.5, 0.6) is 0 Å². The molecule has 1 rings (SSSR count). The summed E-state index contributed by atoms with van der Waals surface area (Å²) >= 11 is 0. The van der Waals surface area contributed by atoms with Gasteiger partial charge in [-0.3, -0.25) is 4.90 Å². The van der Waals surface area contributed by atoms with Gasteiger partial charge in [0, 0.05) is 6.54 Å². The van der Waals surface area contributed by atoms with Gasteiger partial charge in [-0.05, 0) is 24.8 Å². The summed E-state index contributed by atoms with van der Waals surface area (Å²) in [6, 6.07) is 0. The zero-order valence-corrected chi connectivity index (χ0v) is 9.63. The van der Waals surface area contributed by atoms with Gasteiger partial charge in [0.2, 0.25) is 0 Å². The molecule has 0 amide bonds. The lowest BCUT2D eigenvalue weighted by molar-refractivity contribution is -0.0355. The second-order valence-corrected chi connectivity index (χ2v) is 5.47. The maximum atomic E-state index is 5.84. The van der Waals surface area contributed by atoms with Crippen LogP contribution in [0.25, 0.3) is 0 Å². The second kappa shape index (κ2) is 3.97. The predicted molar refractivity (Wildman–Crippen MR) is 55.6 cm³/mol. The molecule has 0 aromatic heterocycles. The van der Waals surface area contributed by atoms with E-state index in [-0.39, 0.29) is 0 Å². The average molecular weight is 185 g/mol. The van der Waals surface area contributed by atoms with Gasteiger partial charge in [-0.2, -0.15) is 0 Å². The fraction of sp³-hybridized carbons (Fsp3) is 1.00. The minimum absolute atomic E-state index is 0.345. The van der Waals surface area contributed by atoms with Crippen molar-refractivity contribution in [1.82, 2.24) is 4.90 Å². The number of ether oxygens (including phenoxy) is 1. The zero-order chi connectivity index (χ0) is 10.1. The lowest BCUT2D eigenvalue weighted by Crippen LogP contribution is -2.29. The summed E-state index contributed by atoms with van der Waals surface area (Å²) in [4.78, 5) is 2.32. The van der Waals surface area contributed by atoms with E-state index in [2.05, 4.69) is 39.6 Å². The van der Waals surface area contributed by atoms with E-state index in [4.69, 9.17) is 4.74 Å². The molecule has 0 aromatic rings. The van der Waals surface area contributed by atoms with Gasteiger partial charge in [-0.15, -0.1) is 0 Å². The largest absolute Gasteiger partial charge is 0.363 e. The number of rotatable bonds is 3. The molecule has 1 saturated heterocycles. The first-order valence-electron chi connectivity index (χ1n) is 5.22. The third-order valence-corrected chi connectivity index (χ3v) is 2.52. The van der Waals surface area contributed by atoms with Gasteiger partial charge in [-0.25, -0.2) is 0 Å². The highest BCUT2D eigenvalue weighted by atomic mass is 16.5. The topological polar surface area (TPSA) is 12.5 Å². The molecule has 2 heteroatoms. The molecule has 1 heterocycles. The van der Waals surface area contributed by atoms with Crippen LogP contribution in [-0.2, 0) is 4.74 Å². The van der Waals surface area contributed by atoms with Gasteiger partial charge in [0.15, 0.2) is 0 Å². The standard InChI is InChI=1S/C11H23NO/c1-9(2)7-13-10-6-11(3,4)8-12(10)5/h9-10H,6-8H2,1-5H3/t10-/m1/s1. The molecule has 0 unspecified atom stereocenters. The molecule has 0 saturated carbocycles. The van der Waals surface area contributed by atoms with E-state index in [1.807, 2.05) is 0 Å². The Morgan fingerprint density at radius 1 is 1.46 bits per heavy atom. The summed E-state index contributed by atoms with van der Waals surface area (Å²) < 4.78 is 5.84. The van der Waals surface area contributed by atoms with Crippen LogP contribution in [-0.4, -0.2) is 31.3 Å². The molecule has 13 heavy (non-hydrogen) atoms. The summed E-state index contributed by atoms with van der Waals surface area (Å²) in [5.74, 6) is 0.636. The number of likely N-dealkylation sites (tertiary alicyclic amines) is 1. The maximum Gasteiger partial charge on any atom is 0.110 e. The Kier molecular flexibility index (Phi) is 3.36. The molecule has 1 atom stereocenters. The van der Waals surface area contributed by atoms with Crippen molar-refractivity contribution in [2.24, 2.45) is 11.3 Å². The summed E-state index contributed by atoms with van der Waals surface area (Å²) in [5, 5.41) is 0. The van der Waals surface area contributed by atoms with Crippen LogP contribution < -0.4 is 0 Å². The van der Waals surface area contributed by atoms with Crippen molar-refractivity contribution in [1.29, 1.82) is 0 Å². The van der Waals surface area contributed by atoms with Gasteiger partial charge in [0.05, 0.1) is 6.61 Å². The van der Waals surface area contributed by atoms with Crippen LogP contribution in [0.2, 0.25) is 0 Å². The van der Waals surface area contributed by atoms with Crippen molar-refractivity contribution in [3.63, 3.8) is 0 Å². The minimum Gasteiger partial charge on any atom is -0.363 e. The molecular formula is C11H23NO. The lowest BCUT2D eigenvalue weighted by Gasteiger charge is -2.20. The van der Waals surface area contributed by atoms with Crippen LogP contribution in [0.1, 0.15) is 34.1 Å². The van der Waals surface area contributed by atoms with Crippen molar-refractivity contribution >= 4 is 0 Å². The summed E-state index contributed by atoms with van der Waals surface area (Å²) in [6.45, 7) is 11.0. The van der Waals surface area contributed by atoms with Gasteiger partial charge in [-0.1, -0.05) is 27.7 Å². The Bertz CT molecular complexity index is 165. The first-order valence-corrected chi connectivity index (χ1v) is 5.22. The highest BCUT2D eigenvalue weighted by molar-refractivity contribution is 4.84. The summed E-state index contributed by atoms with van der Waals surface area (Å²) in [5.41, 5.74) is 0.427. The van der Waals surface area contributed by atoms with E-state index in [1.165, 1.54) is 0 Å². The van der Waals surface area contributed by atoms with Crippen LogP contribution in [0.4, 0.5) is 0 Å². The van der Waals surface area contributed by atoms with Crippen LogP contribution in [0.15, 0.2) is 0 Å². The molecule has 1 fully saturated rings. The van der Waals surface area contributed by atoms with Crippen molar-refractivity contribution in [3.05, 3.63) is 0 Å². The Balaban J connectivity index is 2.35. The number of nitrogens with zero attached hydrogens (tertiary/aromatic N) is 1. The average Bonchev–Trinajstić information content (AvgIpc) is 2.20. The quantitative estimate of drug-likeness (QED) is 0.669. The van der Waals surface area contributed by atoms with E-state index in [1.54, 1.807) is 0 Å². The Labute approximate surface area is 82.3 Å². The number of hydrogen-bond donors (Lipinski definition) is 0. The molecule has 2 nitrogen and oxygen atoms in total. The first kappa shape index (κ1) is 11.0. The van der Waals surface area contributed by atoms with Crippen LogP contribution >= 0.6 is 0 Å². The Morgan fingerprint density at radius 2 is 2.08 bits per heavy atom. The zero-order valence-electron chi connectivity index (χ0n) is 9.63. The second-order valence-electron chi connectivity index (χ2n) is 5.47. The molecule has 0 radical (unpaired) electrons. The highest BCUT2D eigenvalue weighted by Gasteiger charge is 2.35. The molecule has 0 aromatic carbocycles. The van der Waals surface area contributed by atoms with Crippen molar-refractivity contribution < 1.29 is 4.74 Å². The van der Waals surface area contributed by atoms with E-state index < -0.39 is 0 Å². The monoisotopic (exact) mass is 185 g/mol. The number of hydrogen-bond acceptors (Lipinski definition) is 2. The highest BCUT2D eigenvalue weighted by Crippen LogP contribution is 2.33. The molecule has 0 N–H and O–H groups in total. The van der Waals surface area contributed by atoms with Gasteiger partial charge in [0.25, 0.3) is 0 Å². The van der Waals surface area contributed by atoms with Crippen molar-refractivity contribution in [3.8, 4) is 0 Å². The first-order chi connectivity index (χ1) is 5.91. The molecular weight excluding hydrogens is 162 g/mol. The molecule has 1 aliphatic heterocycles. The SMILES string of the molecule is CC(C)CO[C@@H]1CC(C)(C)CN1C. The summed E-state index contributed by atoms with van der Waals surface area (Å²) in [7, 11) is 2.15. The van der Waals surface area contributed by atoms with Crippen LogP contribution in [0, 0.1) is 11.3 Å². The minimum atomic E-state index is 0.345. The maximum absolute atomic E-state index is 5.84. The van der Waals surface area contributed by atoms with Crippen molar-refractivity contribution in [2.75, 3.05) is 20.2 Å². The van der Waals surface area contributed by atoms with E-state index in [0.717, 1.165) is 19.6 Å². The van der Waals surface area contributed by atoms with Crippen LogP contribution in [0.3, 0.4) is 0 Å². The molecule has 1 aliphatic rings. The lowest BCUT2D eigenvalue weighted by atomic mass is 9.93. The van der Waals surface area contributed by atoms with E-state index >= 15 is 0 Å². The summed E-state index contributed by atoms with van der Waals surface area (Å²) in [6.07, 6.45) is 1.51. The van der Waals surface area contributed by atoms with E-state index in [9.17, 15) is 0 Å². The van der Waals surface area contributed by atoms with Crippen molar-refractivity contribution in [2.45, 2.75) is 40.3 Å².